The zero-order valence-corrected chi connectivity index (χ0v) is 13.0. The molecule has 0 fully saturated rings. The van der Waals surface area contributed by atoms with Crippen molar-refractivity contribution >= 4 is 10.0 Å². The lowest BCUT2D eigenvalue weighted by Gasteiger charge is -2.11. The number of sulfonamides is 1. The fourth-order valence-corrected chi connectivity index (χ4v) is 3.48. The molecule has 0 saturated heterocycles. The number of rotatable bonds is 6. The molecule has 0 atom stereocenters. The van der Waals surface area contributed by atoms with Crippen LogP contribution in [0.25, 0.3) is 0 Å². The quantitative estimate of drug-likeness (QED) is 0.822. The number of aromatic nitrogens is 2. The maximum atomic E-state index is 12.3. The van der Waals surface area contributed by atoms with Gasteiger partial charge in [0.15, 0.2) is 0 Å². The number of hydrogen-bond donors (Lipinski definition) is 2. The van der Waals surface area contributed by atoms with E-state index < -0.39 is 10.0 Å². The lowest BCUT2D eigenvalue weighted by atomic mass is 10.1. The third kappa shape index (κ3) is 3.69. The first kappa shape index (κ1) is 15.7. The van der Waals surface area contributed by atoms with Crippen LogP contribution in [-0.4, -0.2) is 24.7 Å². The van der Waals surface area contributed by atoms with Gasteiger partial charge in [0.05, 0.1) is 10.6 Å². The van der Waals surface area contributed by atoms with Crippen LogP contribution in [0.15, 0.2) is 35.4 Å². The molecule has 0 unspecified atom stereocenters. The molecule has 1 aromatic heterocycles. The molecule has 6 nitrogen and oxygen atoms in total. The van der Waals surface area contributed by atoms with Crippen LogP contribution in [0.1, 0.15) is 16.8 Å². The Morgan fingerprint density at radius 1 is 1.33 bits per heavy atom. The smallest absolute Gasteiger partial charge is 0.240 e. The molecular formula is C14H20N4O2S. The average Bonchev–Trinajstić information content (AvgIpc) is 2.84. The van der Waals surface area contributed by atoms with Gasteiger partial charge >= 0.3 is 0 Å². The van der Waals surface area contributed by atoms with Gasteiger partial charge in [0, 0.05) is 32.8 Å². The molecule has 3 N–H and O–H groups in total. The second-order valence-electron chi connectivity index (χ2n) is 4.87. The van der Waals surface area contributed by atoms with Crippen molar-refractivity contribution in [3.8, 4) is 0 Å². The number of hydrogen-bond acceptors (Lipinski definition) is 4. The van der Waals surface area contributed by atoms with Crippen LogP contribution in [0.5, 0.6) is 0 Å². The second-order valence-corrected chi connectivity index (χ2v) is 6.61. The molecule has 0 aliphatic carbocycles. The predicted octanol–water partition coefficient (Wildman–Crippen LogP) is 0.708. The van der Waals surface area contributed by atoms with Gasteiger partial charge in [-0.25, -0.2) is 13.1 Å². The number of aryl methyl sites for hydroxylation is 1. The Morgan fingerprint density at radius 2 is 2.10 bits per heavy atom. The van der Waals surface area contributed by atoms with E-state index in [1.165, 1.54) is 0 Å². The molecule has 2 rings (SSSR count). The standard InChI is InChI=1S/C14H20N4O2S/c1-11-12(10-15)4-3-5-14(11)21(19,20)16-8-6-13-7-9-18(2)17-13/h3-5,7,9,16H,6,8,10,15H2,1-2H3. The van der Waals surface area contributed by atoms with Crippen molar-refractivity contribution < 1.29 is 8.42 Å². The van der Waals surface area contributed by atoms with Crippen molar-refractivity contribution in [1.29, 1.82) is 0 Å². The van der Waals surface area contributed by atoms with Gasteiger partial charge in [0.25, 0.3) is 0 Å². The Labute approximate surface area is 125 Å². The third-order valence-corrected chi connectivity index (χ3v) is 4.95. The van der Waals surface area contributed by atoms with Crippen molar-refractivity contribution in [2.24, 2.45) is 12.8 Å². The van der Waals surface area contributed by atoms with E-state index in [0.717, 1.165) is 11.3 Å². The first-order valence-electron chi connectivity index (χ1n) is 6.71. The maximum Gasteiger partial charge on any atom is 0.240 e. The summed E-state index contributed by atoms with van der Waals surface area (Å²) in [5, 5.41) is 4.21. The largest absolute Gasteiger partial charge is 0.326 e. The molecule has 0 aliphatic heterocycles. The van der Waals surface area contributed by atoms with E-state index in [9.17, 15) is 8.42 Å². The molecule has 0 spiro atoms. The van der Waals surface area contributed by atoms with Gasteiger partial charge in [-0.2, -0.15) is 5.10 Å². The van der Waals surface area contributed by atoms with Crippen molar-refractivity contribution in [3.05, 3.63) is 47.3 Å². The highest BCUT2D eigenvalue weighted by Gasteiger charge is 2.17. The SMILES string of the molecule is Cc1c(CN)cccc1S(=O)(=O)NCCc1ccn(C)n1. The molecule has 114 valence electrons. The molecule has 0 bridgehead atoms. The van der Waals surface area contributed by atoms with Crippen LogP contribution >= 0.6 is 0 Å². The lowest BCUT2D eigenvalue weighted by Crippen LogP contribution is -2.27. The van der Waals surface area contributed by atoms with Crippen LogP contribution < -0.4 is 10.5 Å². The molecular weight excluding hydrogens is 288 g/mol. The molecule has 0 saturated carbocycles. The van der Waals surface area contributed by atoms with Crippen molar-refractivity contribution in [1.82, 2.24) is 14.5 Å². The van der Waals surface area contributed by atoms with Crippen molar-refractivity contribution in [2.75, 3.05) is 6.54 Å². The lowest BCUT2D eigenvalue weighted by molar-refractivity contribution is 0.580. The Bertz CT molecular complexity index is 722. The molecule has 21 heavy (non-hydrogen) atoms. The summed E-state index contributed by atoms with van der Waals surface area (Å²) in [6.07, 6.45) is 2.38. The first-order valence-corrected chi connectivity index (χ1v) is 8.19. The first-order chi connectivity index (χ1) is 9.94. The summed E-state index contributed by atoms with van der Waals surface area (Å²) in [5.74, 6) is 0. The molecule has 1 aromatic carbocycles. The summed E-state index contributed by atoms with van der Waals surface area (Å²) in [7, 11) is -1.70. The van der Waals surface area contributed by atoms with Crippen LogP contribution in [0, 0.1) is 6.92 Å². The number of benzene rings is 1. The van der Waals surface area contributed by atoms with Crippen LogP contribution in [-0.2, 0) is 30.0 Å². The summed E-state index contributed by atoms with van der Waals surface area (Å²) in [5.41, 5.74) is 8.00. The Balaban J connectivity index is 2.08. The summed E-state index contributed by atoms with van der Waals surface area (Å²) in [6, 6.07) is 7.01. The second kappa shape index (κ2) is 6.38. The van der Waals surface area contributed by atoms with E-state index in [4.69, 9.17) is 5.73 Å². The summed E-state index contributed by atoms with van der Waals surface area (Å²) >= 11 is 0. The Kier molecular flexibility index (Phi) is 4.76. The summed E-state index contributed by atoms with van der Waals surface area (Å²) in [6.45, 7) is 2.41. The third-order valence-electron chi connectivity index (χ3n) is 3.35. The highest BCUT2D eigenvalue weighted by Crippen LogP contribution is 2.18. The van der Waals surface area contributed by atoms with E-state index in [0.29, 0.717) is 25.1 Å². The van der Waals surface area contributed by atoms with E-state index in [1.807, 2.05) is 25.4 Å². The molecule has 0 amide bonds. The van der Waals surface area contributed by atoms with Crippen LogP contribution in [0.4, 0.5) is 0 Å². The van der Waals surface area contributed by atoms with Crippen molar-refractivity contribution in [3.63, 3.8) is 0 Å². The van der Waals surface area contributed by atoms with Gasteiger partial charge in [-0.1, -0.05) is 12.1 Å². The zero-order chi connectivity index (χ0) is 15.5. The zero-order valence-electron chi connectivity index (χ0n) is 12.2. The number of nitrogens with one attached hydrogen (secondary N) is 1. The molecule has 0 aliphatic rings. The van der Waals surface area contributed by atoms with Gasteiger partial charge in [0.1, 0.15) is 0 Å². The minimum Gasteiger partial charge on any atom is -0.326 e. The normalized spacial score (nSPS) is 11.8. The van der Waals surface area contributed by atoms with E-state index in [2.05, 4.69) is 9.82 Å². The minimum absolute atomic E-state index is 0.284. The molecule has 1 heterocycles. The van der Waals surface area contributed by atoms with E-state index in [-0.39, 0.29) is 4.90 Å². The van der Waals surface area contributed by atoms with Crippen molar-refractivity contribution in [2.45, 2.75) is 24.8 Å². The highest BCUT2D eigenvalue weighted by atomic mass is 32.2. The Morgan fingerprint density at radius 3 is 2.71 bits per heavy atom. The van der Waals surface area contributed by atoms with Gasteiger partial charge in [-0.05, 0) is 30.2 Å². The summed E-state index contributed by atoms with van der Waals surface area (Å²) < 4.78 is 29.0. The monoisotopic (exact) mass is 308 g/mol. The molecule has 7 heteroatoms. The van der Waals surface area contributed by atoms with Crippen LogP contribution in [0.3, 0.4) is 0 Å². The van der Waals surface area contributed by atoms with E-state index >= 15 is 0 Å². The molecule has 2 aromatic rings. The van der Waals surface area contributed by atoms with Crippen LogP contribution in [0.2, 0.25) is 0 Å². The topological polar surface area (TPSA) is 90.0 Å². The number of nitrogens with zero attached hydrogens (tertiary/aromatic N) is 2. The van der Waals surface area contributed by atoms with Gasteiger partial charge in [-0.15, -0.1) is 0 Å². The van der Waals surface area contributed by atoms with E-state index in [1.54, 1.807) is 23.7 Å². The number of nitrogens with two attached hydrogens (primary N) is 1. The molecule has 0 radical (unpaired) electrons. The fourth-order valence-electron chi connectivity index (χ4n) is 2.16. The van der Waals surface area contributed by atoms with Gasteiger partial charge in [-0.3, -0.25) is 4.68 Å². The Hall–Kier alpha value is -1.70. The average molecular weight is 308 g/mol. The fraction of sp³-hybridized carbons (Fsp3) is 0.357. The predicted molar refractivity (Wildman–Crippen MR) is 81.2 cm³/mol. The minimum atomic E-state index is -3.53. The summed E-state index contributed by atoms with van der Waals surface area (Å²) in [4.78, 5) is 0.284. The van der Waals surface area contributed by atoms with Gasteiger partial charge in [0.2, 0.25) is 10.0 Å². The highest BCUT2D eigenvalue weighted by molar-refractivity contribution is 7.89. The van der Waals surface area contributed by atoms with Gasteiger partial charge < -0.3 is 5.73 Å². The maximum absolute atomic E-state index is 12.3.